The number of ether oxygens (including phenoxy) is 1. The first kappa shape index (κ1) is 18.2. The maximum atomic E-state index is 13.4. The van der Waals surface area contributed by atoms with Crippen LogP contribution in [0.15, 0.2) is 42.5 Å². The molecule has 1 heterocycles. The van der Waals surface area contributed by atoms with E-state index in [9.17, 15) is 9.59 Å². The third kappa shape index (κ3) is 3.39. The van der Waals surface area contributed by atoms with E-state index in [1.807, 2.05) is 37.3 Å². The Morgan fingerprint density at radius 1 is 1.10 bits per heavy atom. The first-order valence-corrected chi connectivity index (χ1v) is 10.6. The van der Waals surface area contributed by atoms with Gasteiger partial charge in [-0.3, -0.25) is 9.59 Å². The highest BCUT2D eigenvalue weighted by molar-refractivity contribution is 6.11. The van der Waals surface area contributed by atoms with Crippen molar-refractivity contribution in [1.82, 2.24) is 4.90 Å². The molecule has 2 fully saturated rings. The van der Waals surface area contributed by atoms with Crippen molar-refractivity contribution in [2.75, 3.05) is 11.9 Å². The molecule has 2 saturated carbocycles. The van der Waals surface area contributed by atoms with Crippen LogP contribution in [0.4, 0.5) is 5.69 Å². The van der Waals surface area contributed by atoms with E-state index in [2.05, 4.69) is 10.2 Å². The lowest BCUT2D eigenvalue weighted by atomic mass is 10.1. The molecule has 2 aromatic carbocycles. The van der Waals surface area contributed by atoms with Gasteiger partial charge in [0.1, 0.15) is 5.75 Å². The number of nitrogens with one attached hydrogen (secondary N) is 1. The second-order valence-corrected chi connectivity index (χ2v) is 8.32. The number of hydrogen-bond acceptors (Lipinski definition) is 3. The molecular formula is C24H26N2O3. The standard InChI is InChI=1S/C24H26N2O3/c1-2-29-20-9-4-3-7-18(20)23(27)25-19-8-5-6-17-14-26(24(28)21(17)19)22(15-10-11-15)16-12-13-16/h3-9,15-16,22H,2,10-14H2,1H3,(H,25,27). The molecule has 0 atom stereocenters. The summed E-state index contributed by atoms with van der Waals surface area (Å²) in [4.78, 5) is 28.4. The predicted octanol–water partition coefficient (Wildman–Crippen LogP) is 4.48. The van der Waals surface area contributed by atoms with Gasteiger partial charge in [-0.1, -0.05) is 24.3 Å². The summed E-state index contributed by atoms with van der Waals surface area (Å²) in [5.41, 5.74) is 2.73. The number of para-hydroxylation sites is 1. The minimum absolute atomic E-state index is 0.0674. The fraction of sp³-hybridized carbons (Fsp3) is 0.417. The van der Waals surface area contributed by atoms with Crippen LogP contribution in [0.25, 0.3) is 0 Å². The van der Waals surface area contributed by atoms with Gasteiger partial charge in [0.05, 0.1) is 23.4 Å². The fourth-order valence-corrected chi connectivity index (χ4v) is 4.62. The molecule has 5 heteroatoms. The molecule has 29 heavy (non-hydrogen) atoms. The molecule has 0 aromatic heterocycles. The minimum atomic E-state index is -0.255. The molecule has 150 valence electrons. The summed E-state index contributed by atoms with van der Waals surface area (Å²) in [6, 6.07) is 13.3. The van der Waals surface area contributed by atoms with Crippen molar-refractivity contribution in [3.63, 3.8) is 0 Å². The van der Waals surface area contributed by atoms with Crippen LogP contribution >= 0.6 is 0 Å². The van der Waals surface area contributed by atoms with Crippen molar-refractivity contribution in [3.8, 4) is 5.75 Å². The molecule has 5 rings (SSSR count). The number of carbonyl (C=O) groups is 2. The Bertz CT molecular complexity index is 950. The SMILES string of the molecule is CCOc1ccccc1C(=O)Nc1cccc2c1C(=O)N(C(C1CC1)C1CC1)C2. The smallest absolute Gasteiger partial charge is 0.259 e. The van der Waals surface area contributed by atoms with E-state index in [-0.39, 0.29) is 11.8 Å². The lowest BCUT2D eigenvalue weighted by Crippen LogP contribution is -2.38. The zero-order valence-corrected chi connectivity index (χ0v) is 16.7. The van der Waals surface area contributed by atoms with Crippen molar-refractivity contribution in [2.24, 2.45) is 11.8 Å². The Morgan fingerprint density at radius 3 is 2.52 bits per heavy atom. The Hall–Kier alpha value is -2.82. The Balaban J connectivity index is 1.41. The number of anilines is 1. The molecule has 1 N–H and O–H groups in total. The summed E-state index contributed by atoms with van der Waals surface area (Å²) in [5, 5.41) is 2.97. The van der Waals surface area contributed by atoms with Crippen LogP contribution in [0.1, 0.15) is 58.9 Å². The summed E-state index contributed by atoms with van der Waals surface area (Å²) in [7, 11) is 0. The van der Waals surface area contributed by atoms with Gasteiger partial charge < -0.3 is 15.0 Å². The third-order valence-corrected chi connectivity index (χ3v) is 6.22. The highest BCUT2D eigenvalue weighted by Gasteiger charge is 2.48. The van der Waals surface area contributed by atoms with E-state index in [0.29, 0.717) is 53.6 Å². The van der Waals surface area contributed by atoms with E-state index in [0.717, 1.165) is 5.56 Å². The van der Waals surface area contributed by atoms with Crippen molar-refractivity contribution in [1.29, 1.82) is 0 Å². The average Bonchev–Trinajstić information content (AvgIpc) is 3.64. The number of hydrogen-bond donors (Lipinski definition) is 1. The van der Waals surface area contributed by atoms with Crippen molar-refractivity contribution in [3.05, 3.63) is 59.2 Å². The molecule has 0 saturated heterocycles. The first-order chi connectivity index (χ1) is 14.2. The molecule has 1 aliphatic heterocycles. The second-order valence-electron chi connectivity index (χ2n) is 8.32. The molecule has 3 aliphatic rings. The number of rotatable bonds is 7. The van der Waals surface area contributed by atoms with Gasteiger partial charge in [-0.25, -0.2) is 0 Å². The molecule has 0 unspecified atom stereocenters. The normalized spacial score (nSPS) is 18.1. The molecular weight excluding hydrogens is 364 g/mol. The molecule has 2 amide bonds. The molecule has 2 aromatic rings. The third-order valence-electron chi connectivity index (χ3n) is 6.22. The van der Waals surface area contributed by atoms with Crippen LogP contribution in [0.5, 0.6) is 5.75 Å². The number of carbonyl (C=O) groups excluding carboxylic acids is 2. The molecule has 0 radical (unpaired) electrons. The Morgan fingerprint density at radius 2 is 1.83 bits per heavy atom. The Labute approximate surface area is 171 Å². The van der Waals surface area contributed by atoms with Gasteiger partial charge in [0.15, 0.2) is 0 Å². The van der Waals surface area contributed by atoms with Crippen molar-refractivity contribution >= 4 is 17.5 Å². The average molecular weight is 390 g/mol. The van der Waals surface area contributed by atoms with Gasteiger partial charge in [-0.05, 0) is 68.2 Å². The van der Waals surface area contributed by atoms with E-state index in [1.54, 1.807) is 12.1 Å². The fourth-order valence-electron chi connectivity index (χ4n) is 4.62. The minimum Gasteiger partial charge on any atom is -0.493 e. The summed E-state index contributed by atoms with van der Waals surface area (Å²) >= 11 is 0. The summed E-state index contributed by atoms with van der Waals surface area (Å²) in [5.74, 6) is 1.69. The zero-order chi connectivity index (χ0) is 20.0. The number of amides is 2. The summed E-state index contributed by atoms with van der Waals surface area (Å²) < 4.78 is 5.59. The van der Waals surface area contributed by atoms with Gasteiger partial charge >= 0.3 is 0 Å². The zero-order valence-electron chi connectivity index (χ0n) is 16.7. The topological polar surface area (TPSA) is 58.6 Å². The van der Waals surface area contributed by atoms with Crippen LogP contribution in [0, 0.1) is 11.8 Å². The van der Waals surface area contributed by atoms with Crippen molar-refractivity contribution in [2.45, 2.75) is 45.2 Å². The number of fused-ring (bicyclic) bond motifs is 1. The molecule has 0 spiro atoms. The second kappa shape index (κ2) is 7.21. The number of benzene rings is 2. The van der Waals surface area contributed by atoms with Gasteiger partial charge in [0.25, 0.3) is 11.8 Å². The molecule has 0 bridgehead atoms. The van der Waals surface area contributed by atoms with Crippen LogP contribution in [0.2, 0.25) is 0 Å². The van der Waals surface area contributed by atoms with Gasteiger partial charge in [0.2, 0.25) is 0 Å². The highest BCUT2D eigenvalue weighted by Crippen LogP contribution is 2.49. The van der Waals surface area contributed by atoms with E-state index in [1.165, 1.54) is 25.7 Å². The maximum absolute atomic E-state index is 13.4. The van der Waals surface area contributed by atoms with Crippen LogP contribution < -0.4 is 10.1 Å². The van der Waals surface area contributed by atoms with E-state index < -0.39 is 0 Å². The monoisotopic (exact) mass is 390 g/mol. The lowest BCUT2D eigenvalue weighted by Gasteiger charge is -2.28. The summed E-state index contributed by atoms with van der Waals surface area (Å²) in [6.07, 6.45) is 4.94. The first-order valence-electron chi connectivity index (χ1n) is 10.6. The number of nitrogens with zero attached hydrogens (tertiary/aromatic N) is 1. The highest BCUT2D eigenvalue weighted by atomic mass is 16.5. The molecule has 5 nitrogen and oxygen atoms in total. The lowest BCUT2D eigenvalue weighted by molar-refractivity contribution is 0.0653. The van der Waals surface area contributed by atoms with E-state index >= 15 is 0 Å². The van der Waals surface area contributed by atoms with Gasteiger partial charge in [-0.2, -0.15) is 0 Å². The van der Waals surface area contributed by atoms with Gasteiger partial charge in [0, 0.05) is 12.6 Å². The maximum Gasteiger partial charge on any atom is 0.259 e. The van der Waals surface area contributed by atoms with Crippen LogP contribution in [-0.2, 0) is 6.54 Å². The Kier molecular flexibility index (Phi) is 4.53. The predicted molar refractivity (Wildman–Crippen MR) is 111 cm³/mol. The van der Waals surface area contributed by atoms with Crippen LogP contribution in [0.3, 0.4) is 0 Å². The van der Waals surface area contributed by atoms with Crippen LogP contribution in [-0.4, -0.2) is 29.4 Å². The molecule has 2 aliphatic carbocycles. The quantitative estimate of drug-likeness (QED) is 0.758. The van der Waals surface area contributed by atoms with Crippen molar-refractivity contribution < 1.29 is 14.3 Å². The summed E-state index contributed by atoms with van der Waals surface area (Å²) in [6.45, 7) is 3.04. The van der Waals surface area contributed by atoms with Gasteiger partial charge in [-0.15, -0.1) is 0 Å². The van der Waals surface area contributed by atoms with E-state index in [4.69, 9.17) is 4.74 Å². The largest absolute Gasteiger partial charge is 0.493 e.